The minimum atomic E-state index is -0.147. The summed E-state index contributed by atoms with van der Waals surface area (Å²) in [5, 5.41) is 2.92. The molecule has 0 bridgehead atoms. The van der Waals surface area contributed by atoms with E-state index in [0.717, 1.165) is 28.6 Å². The molecule has 0 amide bonds. The fourth-order valence-electron chi connectivity index (χ4n) is 3.15. The standard InChI is InChI=1S/C19H19Cl2N3OS2/c1-3-19(2)7-12-14(8-25-19)27-17-15(12)16(22)23-18(24-17)26-9-10-4-5-11(20)6-13(10)21/h4-6H,3,7-9H2,1-2H3,(H2,22,23,24). The van der Waals surface area contributed by atoms with E-state index in [4.69, 9.17) is 38.7 Å². The fourth-order valence-corrected chi connectivity index (χ4v) is 5.73. The summed E-state index contributed by atoms with van der Waals surface area (Å²) in [4.78, 5) is 11.4. The maximum atomic E-state index is 6.33. The molecule has 1 unspecified atom stereocenters. The van der Waals surface area contributed by atoms with Gasteiger partial charge in [-0.25, -0.2) is 9.97 Å². The maximum absolute atomic E-state index is 6.33. The third kappa shape index (κ3) is 3.78. The zero-order valence-corrected chi connectivity index (χ0v) is 18.2. The van der Waals surface area contributed by atoms with Gasteiger partial charge in [-0.3, -0.25) is 0 Å². The topological polar surface area (TPSA) is 61.0 Å². The molecular formula is C19H19Cl2N3OS2. The molecular weight excluding hydrogens is 421 g/mol. The van der Waals surface area contributed by atoms with Crippen LogP contribution in [-0.4, -0.2) is 15.6 Å². The molecule has 1 atom stereocenters. The van der Waals surface area contributed by atoms with Gasteiger partial charge < -0.3 is 10.5 Å². The van der Waals surface area contributed by atoms with Crippen LogP contribution in [-0.2, 0) is 23.5 Å². The van der Waals surface area contributed by atoms with Crippen molar-refractivity contribution in [3.05, 3.63) is 44.2 Å². The van der Waals surface area contributed by atoms with Crippen LogP contribution < -0.4 is 5.73 Å². The number of anilines is 1. The summed E-state index contributed by atoms with van der Waals surface area (Å²) >= 11 is 15.4. The van der Waals surface area contributed by atoms with Crippen LogP contribution in [0, 0.1) is 0 Å². The van der Waals surface area contributed by atoms with Crippen LogP contribution in [0.1, 0.15) is 36.3 Å². The zero-order valence-electron chi connectivity index (χ0n) is 15.0. The molecule has 142 valence electrons. The van der Waals surface area contributed by atoms with Crippen LogP contribution in [0.15, 0.2) is 23.4 Å². The molecule has 8 heteroatoms. The smallest absolute Gasteiger partial charge is 0.191 e. The maximum Gasteiger partial charge on any atom is 0.191 e. The van der Waals surface area contributed by atoms with Crippen molar-refractivity contribution in [3.8, 4) is 0 Å². The van der Waals surface area contributed by atoms with Crippen LogP contribution in [0.4, 0.5) is 5.82 Å². The number of aromatic nitrogens is 2. The van der Waals surface area contributed by atoms with Crippen LogP contribution in [0.5, 0.6) is 0 Å². The number of nitrogen functional groups attached to an aromatic ring is 1. The summed E-state index contributed by atoms with van der Waals surface area (Å²) < 4.78 is 6.06. The predicted molar refractivity (Wildman–Crippen MR) is 115 cm³/mol. The summed E-state index contributed by atoms with van der Waals surface area (Å²) in [6.45, 7) is 4.91. The molecule has 27 heavy (non-hydrogen) atoms. The van der Waals surface area contributed by atoms with Gasteiger partial charge in [-0.1, -0.05) is 48.0 Å². The minimum absolute atomic E-state index is 0.147. The van der Waals surface area contributed by atoms with Gasteiger partial charge in [0.1, 0.15) is 10.6 Å². The van der Waals surface area contributed by atoms with E-state index in [2.05, 4.69) is 18.8 Å². The van der Waals surface area contributed by atoms with Gasteiger partial charge in [0.05, 0.1) is 17.6 Å². The Kier molecular flexibility index (Phi) is 5.29. The molecule has 1 aliphatic rings. The van der Waals surface area contributed by atoms with Crippen molar-refractivity contribution in [1.29, 1.82) is 0 Å². The van der Waals surface area contributed by atoms with Crippen LogP contribution >= 0.6 is 46.3 Å². The molecule has 2 N–H and O–H groups in total. The van der Waals surface area contributed by atoms with E-state index in [1.165, 1.54) is 22.2 Å². The minimum Gasteiger partial charge on any atom is -0.383 e. The third-order valence-corrected chi connectivity index (χ3v) is 7.55. The monoisotopic (exact) mass is 439 g/mol. The number of fused-ring (bicyclic) bond motifs is 3. The Morgan fingerprint density at radius 1 is 1.33 bits per heavy atom. The summed E-state index contributed by atoms with van der Waals surface area (Å²) in [7, 11) is 0. The Morgan fingerprint density at radius 2 is 2.15 bits per heavy atom. The fraction of sp³-hybridized carbons (Fsp3) is 0.368. The molecule has 1 aliphatic heterocycles. The van der Waals surface area contributed by atoms with Crippen molar-refractivity contribution in [2.75, 3.05) is 5.73 Å². The normalized spacial score (nSPS) is 19.4. The Hall–Kier alpha value is -1.05. The predicted octanol–water partition coefficient (Wildman–Crippen LogP) is 6.11. The lowest BCUT2D eigenvalue weighted by Crippen LogP contribution is -2.33. The third-order valence-electron chi connectivity index (χ3n) is 4.96. The van der Waals surface area contributed by atoms with Crippen molar-refractivity contribution in [3.63, 3.8) is 0 Å². The molecule has 1 aromatic carbocycles. The van der Waals surface area contributed by atoms with E-state index in [-0.39, 0.29) is 5.60 Å². The first-order chi connectivity index (χ1) is 12.9. The molecule has 0 radical (unpaired) electrons. The second-order valence-electron chi connectivity index (χ2n) is 6.87. The highest BCUT2D eigenvalue weighted by molar-refractivity contribution is 7.98. The number of halogens is 2. The first-order valence-electron chi connectivity index (χ1n) is 8.67. The number of nitrogens with zero attached hydrogens (tertiary/aromatic N) is 2. The summed E-state index contributed by atoms with van der Waals surface area (Å²) in [5.74, 6) is 1.20. The van der Waals surface area contributed by atoms with Crippen molar-refractivity contribution in [2.24, 2.45) is 0 Å². The van der Waals surface area contributed by atoms with E-state index >= 15 is 0 Å². The number of thiophene rings is 1. The molecule has 4 nitrogen and oxygen atoms in total. The van der Waals surface area contributed by atoms with E-state index < -0.39 is 0 Å². The average molecular weight is 440 g/mol. The van der Waals surface area contributed by atoms with Crippen molar-refractivity contribution >= 4 is 62.3 Å². The van der Waals surface area contributed by atoms with Gasteiger partial charge in [-0.05, 0) is 36.6 Å². The summed E-state index contributed by atoms with van der Waals surface area (Å²) in [5.41, 5.74) is 8.43. The van der Waals surface area contributed by atoms with Crippen molar-refractivity contribution in [2.45, 2.75) is 49.8 Å². The van der Waals surface area contributed by atoms with Crippen LogP contribution in [0.3, 0.4) is 0 Å². The highest BCUT2D eigenvalue weighted by Crippen LogP contribution is 2.42. The Balaban J connectivity index is 1.63. The number of nitrogens with two attached hydrogens (primary N) is 1. The van der Waals surface area contributed by atoms with Gasteiger partial charge in [-0.2, -0.15) is 0 Å². The van der Waals surface area contributed by atoms with Crippen LogP contribution in [0.25, 0.3) is 10.2 Å². The number of ether oxygens (including phenoxy) is 1. The van der Waals surface area contributed by atoms with E-state index in [0.29, 0.717) is 33.4 Å². The highest BCUT2D eigenvalue weighted by atomic mass is 35.5. The second-order valence-corrected chi connectivity index (χ2v) is 9.74. The lowest BCUT2D eigenvalue weighted by atomic mass is 9.90. The number of rotatable bonds is 4. The molecule has 0 aliphatic carbocycles. The van der Waals surface area contributed by atoms with Gasteiger partial charge in [0.2, 0.25) is 0 Å². The van der Waals surface area contributed by atoms with E-state index in [1.807, 2.05) is 12.1 Å². The van der Waals surface area contributed by atoms with Gasteiger partial charge in [0.15, 0.2) is 5.16 Å². The average Bonchev–Trinajstić information content (AvgIpc) is 2.98. The Labute approximate surface area is 176 Å². The van der Waals surface area contributed by atoms with Crippen molar-refractivity contribution < 1.29 is 4.74 Å². The number of benzene rings is 1. The molecule has 3 heterocycles. The molecule has 0 saturated carbocycles. The number of thioether (sulfide) groups is 1. The molecule has 3 aromatic rings. The van der Waals surface area contributed by atoms with Gasteiger partial charge in [-0.15, -0.1) is 11.3 Å². The molecule has 0 saturated heterocycles. The lowest BCUT2D eigenvalue weighted by Gasteiger charge is -2.33. The molecule has 0 spiro atoms. The number of hydrogen-bond acceptors (Lipinski definition) is 6. The quantitative estimate of drug-likeness (QED) is 0.392. The first kappa shape index (κ1) is 19.3. The highest BCUT2D eigenvalue weighted by Gasteiger charge is 2.33. The second kappa shape index (κ2) is 7.41. The van der Waals surface area contributed by atoms with Crippen molar-refractivity contribution in [1.82, 2.24) is 9.97 Å². The van der Waals surface area contributed by atoms with Gasteiger partial charge in [0, 0.05) is 27.1 Å². The van der Waals surface area contributed by atoms with Crippen LogP contribution in [0.2, 0.25) is 10.0 Å². The Morgan fingerprint density at radius 3 is 2.89 bits per heavy atom. The number of hydrogen-bond donors (Lipinski definition) is 1. The summed E-state index contributed by atoms with van der Waals surface area (Å²) in [6, 6.07) is 5.50. The van der Waals surface area contributed by atoms with Gasteiger partial charge in [0.25, 0.3) is 0 Å². The SMILES string of the molecule is CCC1(C)Cc2c(sc3nc(SCc4ccc(Cl)cc4Cl)nc(N)c23)CO1. The van der Waals surface area contributed by atoms with Gasteiger partial charge >= 0.3 is 0 Å². The lowest BCUT2D eigenvalue weighted by molar-refractivity contribution is -0.0542. The first-order valence-corrected chi connectivity index (χ1v) is 11.2. The van der Waals surface area contributed by atoms with E-state index in [9.17, 15) is 0 Å². The van der Waals surface area contributed by atoms with E-state index in [1.54, 1.807) is 17.4 Å². The molecule has 0 fully saturated rings. The zero-order chi connectivity index (χ0) is 19.2. The molecule has 2 aromatic heterocycles. The Bertz CT molecular complexity index is 1020. The molecule has 4 rings (SSSR count). The largest absolute Gasteiger partial charge is 0.383 e. The summed E-state index contributed by atoms with van der Waals surface area (Å²) in [6.07, 6.45) is 1.81.